The van der Waals surface area contributed by atoms with Gasteiger partial charge in [0.25, 0.3) is 0 Å². The second-order valence-corrected chi connectivity index (χ2v) is 5.63. The fourth-order valence-corrected chi connectivity index (χ4v) is 3.77. The highest BCUT2D eigenvalue weighted by atomic mass is 16.6. The van der Waals surface area contributed by atoms with E-state index in [0.717, 1.165) is 25.0 Å². The Labute approximate surface area is 90.1 Å². The number of ether oxygens (including phenoxy) is 3. The van der Waals surface area contributed by atoms with Crippen LogP contribution < -0.4 is 0 Å². The molecule has 2 aliphatic heterocycles. The van der Waals surface area contributed by atoms with Crippen molar-refractivity contribution in [3.05, 3.63) is 0 Å². The first-order valence-corrected chi connectivity index (χ1v) is 6.27. The van der Waals surface area contributed by atoms with Crippen molar-refractivity contribution in [3.63, 3.8) is 0 Å². The van der Waals surface area contributed by atoms with Gasteiger partial charge in [-0.25, -0.2) is 0 Å². The molecule has 0 N–H and O–H groups in total. The normalized spacial score (nSPS) is 56.8. The van der Waals surface area contributed by atoms with Crippen molar-refractivity contribution in [2.45, 2.75) is 50.1 Å². The SMILES string of the molecule is C1OC2CC1CC2OC1CC2COC1C2. The van der Waals surface area contributed by atoms with E-state index in [1.165, 1.54) is 25.7 Å². The van der Waals surface area contributed by atoms with E-state index in [1.807, 2.05) is 0 Å². The van der Waals surface area contributed by atoms with E-state index in [2.05, 4.69) is 0 Å². The predicted octanol–water partition coefficient (Wildman–Crippen LogP) is 1.36. The minimum Gasteiger partial charge on any atom is -0.375 e. The summed E-state index contributed by atoms with van der Waals surface area (Å²) in [5, 5.41) is 0. The first-order valence-electron chi connectivity index (χ1n) is 6.27. The Morgan fingerprint density at radius 2 is 1.27 bits per heavy atom. The number of hydrogen-bond acceptors (Lipinski definition) is 3. The number of hydrogen-bond donors (Lipinski definition) is 0. The molecule has 2 saturated carbocycles. The molecule has 6 atom stereocenters. The maximum absolute atomic E-state index is 6.19. The smallest absolute Gasteiger partial charge is 0.0845 e. The zero-order valence-corrected chi connectivity index (χ0v) is 8.93. The van der Waals surface area contributed by atoms with Crippen LogP contribution in [0.3, 0.4) is 0 Å². The molecule has 3 heteroatoms. The second kappa shape index (κ2) is 3.19. The lowest BCUT2D eigenvalue weighted by molar-refractivity contribution is -0.137. The third kappa shape index (κ3) is 1.37. The van der Waals surface area contributed by atoms with Gasteiger partial charge in [0.1, 0.15) is 0 Å². The summed E-state index contributed by atoms with van der Waals surface area (Å²) in [6, 6.07) is 0. The molecule has 4 aliphatic rings. The van der Waals surface area contributed by atoms with Crippen LogP contribution in [0.25, 0.3) is 0 Å². The summed E-state index contributed by atoms with van der Waals surface area (Å²) in [6.07, 6.45) is 6.44. The Morgan fingerprint density at radius 1 is 0.733 bits per heavy atom. The molecular weight excluding hydrogens is 192 g/mol. The van der Waals surface area contributed by atoms with Gasteiger partial charge in [-0.05, 0) is 37.5 Å². The van der Waals surface area contributed by atoms with E-state index in [-0.39, 0.29) is 0 Å². The summed E-state index contributed by atoms with van der Waals surface area (Å²) in [7, 11) is 0. The van der Waals surface area contributed by atoms with Gasteiger partial charge in [-0.3, -0.25) is 0 Å². The molecule has 84 valence electrons. The average molecular weight is 210 g/mol. The highest BCUT2D eigenvalue weighted by Crippen LogP contribution is 2.42. The molecule has 0 radical (unpaired) electrons. The molecule has 3 nitrogen and oxygen atoms in total. The molecule has 0 aromatic heterocycles. The molecule has 0 amide bonds. The first kappa shape index (κ1) is 8.97. The van der Waals surface area contributed by atoms with Gasteiger partial charge in [-0.1, -0.05) is 0 Å². The third-order valence-electron chi connectivity index (χ3n) is 4.53. The Morgan fingerprint density at radius 3 is 1.60 bits per heavy atom. The summed E-state index contributed by atoms with van der Waals surface area (Å²) < 4.78 is 17.6. The Hall–Kier alpha value is -0.120. The fourth-order valence-electron chi connectivity index (χ4n) is 3.77. The van der Waals surface area contributed by atoms with E-state index in [1.54, 1.807) is 0 Å². The molecule has 6 unspecified atom stereocenters. The molecule has 15 heavy (non-hydrogen) atoms. The molecule has 2 saturated heterocycles. The Balaban J connectivity index is 1.40. The van der Waals surface area contributed by atoms with E-state index >= 15 is 0 Å². The highest BCUT2D eigenvalue weighted by molar-refractivity contribution is 4.95. The third-order valence-corrected chi connectivity index (χ3v) is 4.53. The standard InChI is InChI=1S/C12H18O3/c1-7-3-11(9(1)13-5-7)15-12-4-8-2-10(12)14-6-8/h7-12H,1-6H2. The van der Waals surface area contributed by atoms with Crippen LogP contribution in [0.4, 0.5) is 0 Å². The lowest BCUT2D eigenvalue weighted by Crippen LogP contribution is -2.37. The van der Waals surface area contributed by atoms with Crippen molar-refractivity contribution < 1.29 is 14.2 Å². The predicted molar refractivity (Wildman–Crippen MR) is 53.6 cm³/mol. The second-order valence-electron chi connectivity index (χ2n) is 5.63. The van der Waals surface area contributed by atoms with Crippen molar-refractivity contribution in [2.75, 3.05) is 13.2 Å². The monoisotopic (exact) mass is 210 g/mol. The summed E-state index contributed by atoms with van der Waals surface area (Å²) >= 11 is 0. The summed E-state index contributed by atoms with van der Waals surface area (Å²) in [5.74, 6) is 1.55. The van der Waals surface area contributed by atoms with Crippen LogP contribution in [0.2, 0.25) is 0 Å². The fraction of sp³-hybridized carbons (Fsp3) is 1.00. The molecule has 4 rings (SSSR count). The maximum atomic E-state index is 6.19. The first-order chi connectivity index (χ1) is 7.38. The van der Waals surface area contributed by atoms with Gasteiger partial charge in [-0.15, -0.1) is 0 Å². The van der Waals surface area contributed by atoms with Crippen LogP contribution in [0.1, 0.15) is 25.7 Å². The van der Waals surface area contributed by atoms with Crippen LogP contribution in [0.15, 0.2) is 0 Å². The van der Waals surface area contributed by atoms with Crippen LogP contribution in [0.5, 0.6) is 0 Å². The van der Waals surface area contributed by atoms with Crippen LogP contribution in [-0.2, 0) is 14.2 Å². The van der Waals surface area contributed by atoms with Crippen molar-refractivity contribution in [1.29, 1.82) is 0 Å². The largest absolute Gasteiger partial charge is 0.375 e. The van der Waals surface area contributed by atoms with Crippen molar-refractivity contribution in [3.8, 4) is 0 Å². The van der Waals surface area contributed by atoms with Crippen LogP contribution in [-0.4, -0.2) is 37.6 Å². The summed E-state index contributed by atoms with van der Waals surface area (Å²) in [6.45, 7) is 1.94. The minimum absolute atomic E-state index is 0.372. The molecule has 0 spiro atoms. The molecule has 2 aliphatic carbocycles. The number of fused-ring (bicyclic) bond motifs is 4. The van der Waals surface area contributed by atoms with E-state index in [4.69, 9.17) is 14.2 Å². The summed E-state index contributed by atoms with van der Waals surface area (Å²) in [4.78, 5) is 0. The Kier molecular flexibility index (Phi) is 1.91. The topological polar surface area (TPSA) is 27.7 Å². The van der Waals surface area contributed by atoms with E-state index in [0.29, 0.717) is 24.4 Å². The summed E-state index contributed by atoms with van der Waals surface area (Å²) in [5.41, 5.74) is 0. The lowest BCUT2D eigenvalue weighted by Gasteiger charge is -2.30. The molecule has 4 fully saturated rings. The van der Waals surface area contributed by atoms with Gasteiger partial charge >= 0.3 is 0 Å². The molecule has 0 aromatic rings. The molecule has 4 bridgehead atoms. The van der Waals surface area contributed by atoms with Gasteiger partial charge in [0.15, 0.2) is 0 Å². The van der Waals surface area contributed by atoms with E-state index < -0.39 is 0 Å². The van der Waals surface area contributed by atoms with Crippen molar-refractivity contribution in [2.24, 2.45) is 11.8 Å². The van der Waals surface area contributed by atoms with E-state index in [9.17, 15) is 0 Å². The van der Waals surface area contributed by atoms with Crippen LogP contribution in [0, 0.1) is 11.8 Å². The molecular formula is C12H18O3. The van der Waals surface area contributed by atoms with Gasteiger partial charge in [0.2, 0.25) is 0 Å². The average Bonchev–Trinajstić information content (AvgIpc) is 2.96. The number of rotatable bonds is 2. The van der Waals surface area contributed by atoms with Gasteiger partial charge in [-0.2, -0.15) is 0 Å². The van der Waals surface area contributed by atoms with Gasteiger partial charge in [0, 0.05) is 0 Å². The highest BCUT2D eigenvalue weighted by Gasteiger charge is 2.47. The van der Waals surface area contributed by atoms with Gasteiger partial charge < -0.3 is 14.2 Å². The minimum atomic E-state index is 0.372. The lowest BCUT2D eigenvalue weighted by atomic mass is 10.1. The quantitative estimate of drug-likeness (QED) is 0.688. The van der Waals surface area contributed by atoms with Crippen molar-refractivity contribution >= 4 is 0 Å². The van der Waals surface area contributed by atoms with Crippen LogP contribution >= 0.6 is 0 Å². The maximum Gasteiger partial charge on any atom is 0.0845 e. The van der Waals surface area contributed by atoms with Crippen molar-refractivity contribution in [1.82, 2.24) is 0 Å². The zero-order valence-electron chi connectivity index (χ0n) is 8.93. The molecule has 2 heterocycles. The zero-order chi connectivity index (χ0) is 9.83. The van der Waals surface area contributed by atoms with Gasteiger partial charge in [0.05, 0.1) is 37.6 Å². The Bertz CT molecular complexity index is 242. The molecule has 0 aromatic carbocycles.